The number of urea groups is 1. The van der Waals surface area contributed by atoms with Gasteiger partial charge in [-0.1, -0.05) is 28.0 Å². The zero-order valence-electron chi connectivity index (χ0n) is 28.1. The minimum atomic E-state index is -5.75. The van der Waals surface area contributed by atoms with E-state index in [0.717, 1.165) is 29.6 Å². The maximum atomic E-state index is 12.5. The second kappa shape index (κ2) is 18.2. The van der Waals surface area contributed by atoms with Crippen molar-refractivity contribution in [2.24, 2.45) is 0 Å². The van der Waals surface area contributed by atoms with Crippen LogP contribution in [-0.4, -0.2) is 100 Å². The summed E-state index contributed by atoms with van der Waals surface area (Å²) in [5.74, 6) is 0.834. The number of phosphoric ester groups is 1. The maximum Gasteiger partial charge on any atom is 0.490 e. The molecule has 3 fully saturated rings. The van der Waals surface area contributed by atoms with Crippen LogP contribution in [-0.2, 0) is 41.1 Å². The minimum absolute atomic E-state index is 0.00725. The van der Waals surface area contributed by atoms with Gasteiger partial charge in [0.25, 0.3) is 5.56 Å². The number of nitrogens with zero attached hydrogens (tertiary/aromatic N) is 1. The SMILES string of the molecule is Cc1cn([C@H]2CC(OCSSC(C)(C)CNC(=O)CCCCC3SCC4NC(=O)NC43)[C@@H](COP(=O)(O)OP(=O)(O)OP(=O)(O)O)O2)c(=O)[nH]c1=O. The molecular formula is C25H42N5O16P3S3. The number of aromatic amines is 1. The third-order valence-corrected chi connectivity index (χ3v) is 16.1. The van der Waals surface area contributed by atoms with Crippen molar-refractivity contribution in [2.45, 2.75) is 93.4 Å². The van der Waals surface area contributed by atoms with Crippen LogP contribution in [0.25, 0.3) is 0 Å². The van der Waals surface area contributed by atoms with Crippen molar-refractivity contribution in [1.82, 2.24) is 25.5 Å². The van der Waals surface area contributed by atoms with Gasteiger partial charge in [0, 0.05) is 46.9 Å². The summed E-state index contributed by atoms with van der Waals surface area (Å²) >= 11 is 1.83. The summed E-state index contributed by atoms with van der Waals surface area (Å²) in [5.41, 5.74) is -1.22. The molecule has 3 aliphatic rings. The highest BCUT2D eigenvalue weighted by atomic mass is 33.1. The Bertz CT molecular complexity index is 1710. The highest BCUT2D eigenvalue weighted by molar-refractivity contribution is 8.77. The number of carbonyl (C=O) groups excluding carboxylic acids is 2. The molecule has 8 N–H and O–H groups in total. The van der Waals surface area contributed by atoms with Gasteiger partial charge < -0.3 is 45.0 Å². The molecule has 0 saturated carbocycles. The van der Waals surface area contributed by atoms with Crippen LogP contribution in [0.1, 0.15) is 57.7 Å². The van der Waals surface area contributed by atoms with Gasteiger partial charge in [-0.2, -0.15) is 20.4 Å². The number of hydrogen-bond donors (Lipinski definition) is 8. The topological polar surface area (TPSA) is 303 Å². The van der Waals surface area contributed by atoms with Gasteiger partial charge in [0.15, 0.2) is 0 Å². The number of thioether (sulfide) groups is 1. The van der Waals surface area contributed by atoms with E-state index >= 15 is 0 Å². The van der Waals surface area contributed by atoms with Gasteiger partial charge in [0.1, 0.15) is 18.3 Å². The maximum absolute atomic E-state index is 12.5. The quantitative estimate of drug-likeness (QED) is 0.0305. The molecule has 21 nitrogen and oxygen atoms in total. The zero-order valence-corrected chi connectivity index (χ0v) is 33.2. The van der Waals surface area contributed by atoms with Crippen molar-refractivity contribution in [1.29, 1.82) is 0 Å². The molecule has 0 bridgehead atoms. The van der Waals surface area contributed by atoms with E-state index in [1.54, 1.807) is 0 Å². The first-order valence-corrected chi connectivity index (χ1v) is 23.6. The number of carbonyl (C=O) groups is 2. The molecule has 3 aliphatic heterocycles. The van der Waals surface area contributed by atoms with Gasteiger partial charge in [-0.3, -0.25) is 23.7 Å². The average Bonchev–Trinajstić information content (AvgIpc) is 3.70. The predicted octanol–water partition coefficient (Wildman–Crippen LogP) is 1.82. The monoisotopic (exact) mass is 857 g/mol. The standard InChI is InChI=1S/C25H42N5O16P3S3/c1-14-9-30(24(34)29-22(14)32)20-8-16(17(44-20)10-43-48(38,39)46-49(40,41)45-47(35,36)37)42-13-51-52-25(2,3)12-26-19(31)7-5-4-6-18-21-15(11-50-18)27-23(33)28-21/h9,15-18,20-21H,4-8,10-13H2,1-3H3,(H,26,31)(H,38,39)(H,40,41)(H2,27,28,33)(H,29,32,34)(H2,35,36,37)/t15?,16?,17-,18?,20-,21?/m1/s1. The number of amides is 3. The Hall–Kier alpha value is -1.20. The van der Waals surface area contributed by atoms with Gasteiger partial charge >= 0.3 is 35.2 Å². The average molecular weight is 858 g/mol. The van der Waals surface area contributed by atoms with Gasteiger partial charge in [0.2, 0.25) is 5.91 Å². The van der Waals surface area contributed by atoms with E-state index in [-0.39, 0.29) is 41.9 Å². The number of phosphoric acid groups is 3. The van der Waals surface area contributed by atoms with Crippen LogP contribution < -0.4 is 27.2 Å². The first-order chi connectivity index (χ1) is 24.1. The van der Waals surface area contributed by atoms with Crippen molar-refractivity contribution in [3.8, 4) is 0 Å². The Morgan fingerprint density at radius 1 is 1.12 bits per heavy atom. The van der Waals surface area contributed by atoms with E-state index < -0.39 is 64.5 Å². The van der Waals surface area contributed by atoms with Gasteiger partial charge in [-0.25, -0.2) is 23.3 Å². The molecule has 52 heavy (non-hydrogen) atoms. The van der Waals surface area contributed by atoms with Crippen LogP contribution >= 0.6 is 56.8 Å². The van der Waals surface area contributed by atoms with Crippen LogP contribution in [0.5, 0.6) is 0 Å². The first-order valence-electron chi connectivity index (χ1n) is 15.8. The number of fused-ring (bicyclic) bond motifs is 1. The van der Waals surface area contributed by atoms with Crippen molar-refractivity contribution in [3.63, 3.8) is 0 Å². The molecule has 4 rings (SSSR count). The third kappa shape index (κ3) is 13.5. The van der Waals surface area contributed by atoms with Crippen LogP contribution in [0.15, 0.2) is 15.8 Å². The molecule has 8 atom stereocenters. The lowest BCUT2D eigenvalue weighted by molar-refractivity contribution is -0.121. The largest absolute Gasteiger partial charge is 0.490 e. The van der Waals surface area contributed by atoms with E-state index in [2.05, 4.69) is 29.6 Å². The normalized spacial score (nSPS) is 27.0. The molecule has 0 spiro atoms. The Labute approximate surface area is 309 Å². The van der Waals surface area contributed by atoms with Gasteiger partial charge in [-0.15, -0.1) is 0 Å². The van der Waals surface area contributed by atoms with Crippen LogP contribution in [0.4, 0.5) is 4.79 Å². The zero-order chi connectivity index (χ0) is 38.5. The number of rotatable bonds is 20. The van der Waals surface area contributed by atoms with Crippen LogP contribution in [0.3, 0.4) is 0 Å². The molecule has 1 aromatic rings. The molecule has 3 saturated heterocycles. The lowest BCUT2D eigenvalue weighted by Gasteiger charge is -2.24. The van der Waals surface area contributed by atoms with E-state index in [1.807, 2.05) is 25.6 Å². The molecule has 1 aromatic heterocycles. The van der Waals surface area contributed by atoms with Crippen molar-refractivity contribution in [2.75, 3.05) is 24.8 Å². The number of ether oxygens (including phenoxy) is 2. The minimum Gasteiger partial charge on any atom is -0.364 e. The molecule has 6 unspecified atom stereocenters. The van der Waals surface area contributed by atoms with E-state index in [9.17, 15) is 42.7 Å². The van der Waals surface area contributed by atoms with Crippen molar-refractivity contribution in [3.05, 3.63) is 32.6 Å². The van der Waals surface area contributed by atoms with E-state index in [1.165, 1.54) is 34.7 Å². The van der Waals surface area contributed by atoms with Crippen LogP contribution in [0.2, 0.25) is 0 Å². The molecular weight excluding hydrogens is 815 g/mol. The summed E-state index contributed by atoms with van der Waals surface area (Å²) in [4.78, 5) is 87.4. The fourth-order valence-electron chi connectivity index (χ4n) is 5.47. The predicted molar refractivity (Wildman–Crippen MR) is 190 cm³/mol. The summed E-state index contributed by atoms with van der Waals surface area (Å²) in [6.45, 7) is 4.85. The lowest BCUT2D eigenvalue weighted by atomic mass is 10.0. The van der Waals surface area contributed by atoms with E-state index in [0.29, 0.717) is 18.2 Å². The second-order valence-corrected chi connectivity index (χ2v) is 21.3. The van der Waals surface area contributed by atoms with Crippen LogP contribution in [0, 0.1) is 6.92 Å². The first kappa shape index (κ1) is 43.5. The molecule has 0 aromatic carbocycles. The Balaban J connectivity index is 1.24. The molecule has 3 amide bonds. The molecule has 296 valence electrons. The third-order valence-electron chi connectivity index (χ3n) is 7.86. The summed E-state index contributed by atoms with van der Waals surface area (Å²) in [7, 11) is -14.1. The fraction of sp³-hybridized carbons (Fsp3) is 0.760. The number of aryl methyl sites for hydroxylation is 1. The van der Waals surface area contributed by atoms with Gasteiger partial charge in [0.05, 0.1) is 24.8 Å². The fourth-order valence-corrected chi connectivity index (χ4v) is 12.2. The second-order valence-electron chi connectivity index (χ2n) is 12.7. The Morgan fingerprint density at radius 2 is 1.85 bits per heavy atom. The summed E-state index contributed by atoms with van der Waals surface area (Å²) in [6.07, 6.45) is 0.981. The highest BCUT2D eigenvalue weighted by Crippen LogP contribution is 2.66. The Kier molecular flexibility index (Phi) is 15.2. The summed E-state index contributed by atoms with van der Waals surface area (Å²) < 4.78 is 59.6. The highest BCUT2D eigenvalue weighted by Gasteiger charge is 2.44. The van der Waals surface area contributed by atoms with E-state index in [4.69, 9.17) is 23.8 Å². The van der Waals surface area contributed by atoms with Crippen molar-refractivity contribution >= 4 is 68.8 Å². The summed E-state index contributed by atoms with van der Waals surface area (Å²) in [6, 6.07) is 0.165. The molecule has 0 radical (unpaired) electrons. The number of unbranched alkanes of at least 4 members (excludes halogenated alkanes) is 1. The lowest BCUT2D eigenvalue weighted by Crippen LogP contribution is -2.37. The van der Waals surface area contributed by atoms with Crippen molar-refractivity contribution < 1.29 is 65.5 Å². The van der Waals surface area contributed by atoms with Gasteiger partial charge in [-0.05, 0) is 33.6 Å². The summed E-state index contributed by atoms with van der Waals surface area (Å²) in [5, 5.41) is 9.16. The molecule has 0 aliphatic carbocycles. The number of aromatic nitrogens is 2. The smallest absolute Gasteiger partial charge is 0.364 e. The molecule has 4 heterocycles. The molecule has 27 heteroatoms. The number of H-pyrrole nitrogens is 1. The number of nitrogens with one attached hydrogen (secondary N) is 4. The Morgan fingerprint density at radius 3 is 2.56 bits per heavy atom. The number of hydrogen-bond acceptors (Lipinski definition) is 15.